The molecule has 168 valence electrons. The zero-order chi connectivity index (χ0) is 22.9. The van der Waals surface area contributed by atoms with E-state index in [0.29, 0.717) is 6.54 Å². The Morgan fingerprint density at radius 3 is 2.33 bits per heavy atom. The molecule has 7 heteroatoms. The van der Waals surface area contributed by atoms with Gasteiger partial charge < -0.3 is 20.2 Å². The SMILES string of the molecule is O=C(Nc1ccccc1F)N1CC(=O)N2[C@H](CO)[C@H](c3ccc(-c4ccccc4)cc3)[C@@H]2C1. The number of fused-ring (bicyclic) bond motifs is 1. The van der Waals surface area contributed by atoms with Gasteiger partial charge in [-0.15, -0.1) is 0 Å². The molecule has 2 aliphatic rings. The number of carbonyl (C=O) groups excluding carboxylic acids is 2. The summed E-state index contributed by atoms with van der Waals surface area (Å²) in [6, 6.07) is 23.0. The highest BCUT2D eigenvalue weighted by atomic mass is 19.1. The maximum Gasteiger partial charge on any atom is 0.322 e. The predicted molar refractivity (Wildman–Crippen MR) is 123 cm³/mol. The molecule has 0 unspecified atom stereocenters. The van der Waals surface area contributed by atoms with Gasteiger partial charge >= 0.3 is 6.03 Å². The first kappa shape index (κ1) is 21.2. The van der Waals surface area contributed by atoms with E-state index in [1.807, 2.05) is 54.6 Å². The van der Waals surface area contributed by atoms with E-state index in [1.165, 1.54) is 17.0 Å². The van der Waals surface area contributed by atoms with Gasteiger partial charge in [-0.2, -0.15) is 0 Å². The highest BCUT2D eigenvalue weighted by molar-refractivity contribution is 5.94. The topological polar surface area (TPSA) is 72.9 Å². The molecular weight excluding hydrogens is 421 g/mol. The predicted octanol–water partition coefficient (Wildman–Crippen LogP) is 3.70. The number of para-hydroxylation sites is 1. The molecule has 0 radical (unpaired) electrons. The smallest absolute Gasteiger partial charge is 0.322 e. The van der Waals surface area contributed by atoms with E-state index in [9.17, 15) is 19.1 Å². The van der Waals surface area contributed by atoms with Crippen LogP contribution in [-0.4, -0.2) is 58.6 Å². The van der Waals surface area contributed by atoms with Gasteiger partial charge in [0.2, 0.25) is 5.91 Å². The third-order valence-electron chi connectivity index (χ3n) is 6.56. The second-order valence-electron chi connectivity index (χ2n) is 8.42. The molecule has 2 saturated heterocycles. The van der Waals surface area contributed by atoms with E-state index >= 15 is 0 Å². The molecule has 0 saturated carbocycles. The summed E-state index contributed by atoms with van der Waals surface area (Å²) < 4.78 is 13.9. The van der Waals surface area contributed by atoms with Gasteiger partial charge in [-0.3, -0.25) is 4.79 Å². The molecule has 0 bridgehead atoms. The van der Waals surface area contributed by atoms with Crippen LogP contribution in [0.5, 0.6) is 0 Å². The highest BCUT2D eigenvalue weighted by Crippen LogP contribution is 2.43. The Bertz CT molecular complexity index is 1170. The van der Waals surface area contributed by atoms with Crippen molar-refractivity contribution in [3.8, 4) is 11.1 Å². The minimum atomic E-state index is -0.531. The Morgan fingerprint density at radius 1 is 0.970 bits per heavy atom. The number of rotatable bonds is 4. The Balaban J connectivity index is 1.35. The number of benzene rings is 3. The number of hydrogen-bond acceptors (Lipinski definition) is 3. The summed E-state index contributed by atoms with van der Waals surface area (Å²) in [4.78, 5) is 28.7. The van der Waals surface area contributed by atoms with Crippen molar-refractivity contribution in [2.45, 2.75) is 18.0 Å². The Hall–Kier alpha value is -3.71. The van der Waals surface area contributed by atoms with Crippen molar-refractivity contribution in [2.75, 3.05) is 25.0 Å². The van der Waals surface area contributed by atoms with Gasteiger partial charge in [-0.25, -0.2) is 9.18 Å². The van der Waals surface area contributed by atoms with E-state index in [0.717, 1.165) is 16.7 Å². The molecule has 2 aliphatic heterocycles. The number of piperazine rings is 1. The van der Waals surface area contributed by atoms with Gasteiger partial charge in [-0.05, 0) is 28.8 Å². The first-order valence-electron chi connectivity index (χ1n) is 10.9. The summed E-state index contributed by atoms with van der Waals surface area (Å²) in [5.41, 5.74) is 3.29. The van der Waals surface area contributed by atoms with Gasteiger partial charge in [-0.1, -0.05) is 66.7 Å². The Morgan fingerprint density at radius 2 is 1.64 bits per heavy atom. The fourth-order valence-corrected chi connectivity index (χ4v) is 4.94. The lowest BCUT2D eigenvalue weighted by Gasteiger charge is -2.58. The maximum atomic E-state index is 13.9. The third-order valence-corrected chi connectivity index (χ3v) is 6.56. The minimum Gasteiger partial charge on any atom is -0.394 e. The van der Waals surface area contributed by atoms with Crippen LogP contribution in [0.3, 0.4) is 0 Å². The van der Waals surface area contributed by atoms with Crippen molar-refractivity contribution in [3.63, 3.8) is 0 Å². The van der Waals surface area contributed by atoms with Crippen LogP contribution < -0.4 is 5.32 Å². The lowest BCUT2D eigenvalue weighted by Crippen LogP contribution is -2.73. The summed E-state index contributed by atoms with van der Waals surface area (Å²) >= 11 is 0. The summed E-state index contributed by atoms with van der Waals surface area (Å²) in [6.07, 6.45) is 0. The van der Waals surface area contributed by atoms with Crippen molar-refractivity contribution >= 4 is 17.6 Å². The lowest BCUT2D eigenvalue weighted by molar-refractivity contribution is -0.159. The van der Waals surface area contributed by atoms with Crippen LogP contribution in [0.25, 0.3) is 11.1 Å². The van der Waals surface area contributed by atoms with Crippen molar-refractivity contribution in [1.82, 2.24) is 9.80 Å². The van der Waals surface area contributed by atoms with Crippen LogP contribution >= 0.6 is 0 Å². The van der Waals surface area contributed by atoms with Gasteiger partial charge in [0, 0.05) is 12.5 Å². The van der Waals surface area contributed by atoms with Gasteiger partial charge in [0.25, 0.3) is 0 Å². The number of aliphatic hydroxyl groups is 1. The van der Waals surface area contributed by atoms with Gasteiger partial charge in [0.15, 0.2) is 0 Å². The van der Waals surface area contributed by atoms with Crippen LogP contribution in [0.2, 0.25) is 0 Å². The fraction of sp³-hybridized carbons (Fsp3) is 0.231. The van der Waals surface area contributed by atoms with Crippen LogP contribution in [0.4, 0.5) is 14.9 Å². The quantitative estimate of drug-likeness (QED) is 0.643. The summed E-state index contributed by atoms with van der Waals surface area (Å²) in [7, 11) is 0. The van der Waals surface area contributed by atoms with E-state index in [4.69, 9.17) is 0 Å². The van der Waals surface area contributed by atoms with Gasteiger partial charge in [0.05, 0.1) is 24.4 Å². The molecule has 0 spiro atoms. The van der Waals surface area contributed by atoms with E-state index in [2.05, 4.69) is 5.32 Å². The Kier molecular flexibility index (Phi) is 5.56. The number of anilines is 1. The second kappa shape index (κ2) is 8.67. The van der Waals surface area contributed by atoms with Crippen molar-refractivity contribution in [3.05, 3.63) is 90.2 Å². The number of aliphatic hydroxyl groups excluding tert-OH is 1. The lowest BCUT2D eigenvalue weighted by atomic mass is 9.73. The van der Waals surface area contributed by atoms with Crippen molar-refractivity contribution in [2.24, 2.45) is 0 Å². The van der Waals surface area contributed by atoms with Crippen LogP contribution in [0.15, 0.2) is 78.9 Å². The standard InChI is InChI=1S/C26H24FN3O3/c27-20-8-4-5-9-21(20)28-26(33)29-14-22-25(23(16-31)30(22)24(32)15-29)19-12-10-18(11-13-19)17-6-2-1-3-7-17/h1-13,22-23,25,31H,14-16H2,(H,28,33)/t22-,23+,25+/m0/s1. The summed E-state index contributed by atoms with van der Waals surface area (Å²) in [5.74, 6) is -0.838. The first-order valence-corrected chi connectivity index (χ1v) is 10.9. The molecular formula is C26H24FN3O3. The number of nitrogens with zero attached hydrogens (tertiary/aromatic N) is 2. The molecule has 6 nitrogen and oxygen atoms in total. The third kappa shape index (κ3) is 3.85. The highest BCUT2D eigenvalue weighted by Gasteiger charge is 2.54. The Labute approximate surface area is 191 Å². The zero-order valence-electron chi connectivity index (χ0n) is 17.9. The van der Waals surface area contributed by atoms with E-state index < -0.39 is 11.8 Å². The molecule has 3 aromatic rings. The zero-order valence-corrected chi connectivity index (χ0v) is 17.9. The normalized spacial score (nSPS) is 21.9. The largest absolute Gasteiger partial charge is 0.394 e. The first-order chi connectivity index (χ1) is 16.1. The molecule has 3 atom stereocenters. The minimum absolute atomic E-state index is 0.0762. The molecule has 2 fully saturated rings. The average molecular weight is 445 g/mol. The maximum absolute atomic E-state index is 13.9. The number of carbonyl (C=O) groups is 2. The van der Waals surface area contributed by atoms with E-state index in [-0.39, 0.29) is 42.7 Å². The molecule has 3 amide bonds. The second-order valence-corrected chi connectivity index (χ2v) is 8.42. The number of halogens is 1. The van der Waals surface area contributed by atoms with Crippen molar-refractivity contribution in [1.29, 1.82) is 0 Å². The van der Waals surface area contributed by atoms with Crippen LogP contribution in [-0.2, 0) is 4.79 Å². The molecule has 0 aromatic heterocycles. The number of urea groups is 1. The van der Waals surface area contributed by atoms with Crippen LogP contribution in [0.1, 0.15) is 11.5 Å². The molecule has 2 heterocycles. The van der Waals surface area contributed by atoms with Crippen LogP contribution in [0, 0.1) is 5.82 Å². The molecule has 2 N–H and O–H groups in total. The molecule has 3 aromatic carbocycles. The van der Waals surface area contributed by atoms with E-state index in [1.54, 1.807) is 17.0 Å². The van der Waals surface area contributed by atoms with Gasteiger partial charge in [0.1, 0.15) is 12.4 Å². The summed E-state index contributed by atoms with van der Waals surface area (Å²) in [6.45, 7) is 0.0648. The van der Waals surface area contributed by atoms with Crippen molar-refractivity contribution < 1.29 is 19.1 Å². The fourth-order valence-electron chi connectivity index (χ4n) is 4.94. The number of amides is 3. The molecule has 5 rings (SSSR count). The number of nitrogens with one attached hydrogen (secondary N) is 1. The average Bonchev–Trinajstić information content (AvgIpc) is 2.82. The summed E-state index contributed by atoms with van der Waals surface area (Å²) in [5, 5.41) is 12.5. The molecule has 0 aliphatic carbocycles. The molecule has 33 heavy (non-hydrogen) atoms. The monoisotopic (exact) mass is 445 g/mol. The number of hydrogen-bond donors (Lipinski definition) is 2.